The molecule has 3 heterocycles. The summed E-state index contributed by atoms with van der Waals surface area (Å²) in [4.78, 5) is 28.5. The van der Waals surface area contributed by atoms with E-state index in [1.54, 1.807) is 13.2 Å². The summed E-state index contributed by atoms with van der Waals surface area (Å²) < 4.78 is 11.7. The Labute approximate surface area is 204 Å². The molecule has 3 aliphatic rings. The predicted octanol–water partition coefficient (Wildman–Crippen LogP) is 3.55. The Morgan fingerprint density at radius 1 is 1.26 bits per heavy atom. The fraction of sp³-hybridized carbons (Fsp3) is 0.407. The molecule has 2 aromatic carbocycles. The molecule has 4 unspecified atom stereocenters. The third-order valence-electron chi connectivity index (χ3n) is 7.29. The van der Waals surface area contributed by atoms with Crippen molar-refractivity contribution in [2.24, 2.45) is 11.8 Å². The van der Waals surface area contributed by atoms with Gasteiger partial charge in [0.15, 0.2) is 0 Å². The van der Waals surface area contributed by atoms with Crippen molar-refractivity contribution in [3.8, 4) is 5.75 Å². The molecule has 178 valence electrons. The molecule has 3 aliphatic heterocycles. The minimum absolute atomic E-state index is 0.00558. The first-order chi connectivity index (χ1) is 16.5. The van der Waals surface area contributed by atoms with E-state index in [2.05, 4.69) is 18.3 Å². The van der Waals surface area contributed by atoms with Gasteiger partial charge in [-0.1, -0.05) is 61.0 Å². The number of hydrogen-bond acceptors (Lipinski definition) is 4. The summed E-state index contributed by atoms with van der Waals surface area (Å²) in [7, 11) is 1.68. The summed E-state index contributed by atoms with van der Waals surface area (Å²) in [6, 6.07) is 13.6. The number of nitrogens with zero attached hydrogens (tertiary/aromatic N) is 1. The van der Waals surface area contributed by atoms with Crippen molar-refractivity contribution in [1.29, 1.82) is 0 Å². The molecule has 2 saturated heterocycles. The van der Waals surface area contributed by atoms with E-state index in [0.29, 0.717) is 24.7 Å². The Morgan fingerprint density at radius 3 is 2.85 bits per heavy atom. The van der Waals surface area contributed by atoms with Gasteiger partial charge in [-0.25, -0.2) is 0 Å². The molecule has 0 aromatic heterocycles. The molecule has 5 rings (SSSR count). The third-order valence-corrected chi connectivity index (χ3v) is 7.66. The number of benzene rings is 2. The van der Waals surface area contributed by atoms with Crippen molar-refractivity contribution >= 4 is 23.4 Å². The van der Waals surface area contributed by atoms with Crippen LogP contribution in [0.2, 0.25) is 5.02 Å². The second-order valence-electron chi connectivity index (χ2n) is 9.22. The fourth-order valence-corrected chi connectivity index (χ4v) is 5.74. The largest absolute Gasteiger partial charge is 0.496 e. The first kappa shape index (κ1) is 22.9. The minimum atomic E-state index is -0.706. The fourth-order valence-electron chi connectivity index (χ4n) is 5.54. The summed E-state index contributed by atoms with van der Waals surface area (Å²) in [5, 5.41) is 3.58. The van der Waals surface area contributed by atoms with Crippen LogP contribution in [-0.4, -0.2) is 48.6 Å². The lowest BCUT2D eigenvalue weighted by Gasteiger charge is -2.23. The topological polar surface area (TPSA) is 67.9 Å². The lowest BCUT2D eigenvalue weighted by molar-refractivity contribution is -0.137. The van der Waals surface area contributed by atoms with E-state index in [0.717, 1.165) is 35.3 Å². The monoisotopic (exact) mass is 480 g/mol. The molecular formula is C27H29ClN2O4. The van der Waals surface area contributed by atoms with Gasteiger partial charge >= 0.3 is 0 Å². The van der Waals surface area contributed by atoms with Gasteiger partial charge < -0.3 is 19.7 Å². The number of carbonyl (C=O) groups excluding carboxylic acids is 2. The molecule has 0 radical (unpaired) electrons. The first-order valence-corrected chi connectivity index (χ1v) is 12.2. The molecule has 1 spiro atoms. The Bertz CT molecular complexity index is 1150. The van der Waals surface area contributed by atoms with Crippen LogP contribution in [0.5, 0.6) is 5.75 Å². The lowest BCUT2D eigenvalue weighted by Crippen LogP contribution is -2.44. The number of rotatable bonds is 8. The molecule has 7 heteroatoms. The van der Waals surface area contributed by atoms with Crippen molar-refractivity contribution in [3.05, 3.63) is 76.3 Å². The van der Waals surface area contributed by atoms with Crippen molar-refractivity contribution in [3.63, 3.8) is 0 Å². The van der Waals surface area contributed by atoms with Crippen LogP contribution < -0.4 is 10.1 Å². The number of fused-ring (bicyclic) bond motifs is 1. The summed E-state index contributed by atoms with van der Waals surface area (Å²) in [5.74, 6) is -0.306. The normalized spacial score (nSPS) is 26.7. The highest BCUT2D eigenvalue weighted by atomic mass is 35.5. The maximum absolute atomic E-state index is 13.5. The van der Waals surface area contributed by atoms with E-state index >= 15 is 0 Å². The number of hydrogen-bond donors (Lipinski definition) is 1. The van der Waals surface area contributed by atoms with Crippen molar-refractivity contribution in [2.45, 2.75) is 38.0 Å². The molecule has 2 fully saturated rings. The van der Waals surface area contributed by atoms with Gasteiger partial charge in [0.05, 0.1) is 31.6 Å². The van der Waals surface area contributed by atoms with Crippen molar-refractivity contribution in [2.75, 3.05) is 20.2 Å². The molecule has 4 atom stereocenters. The van der Waals surface area contributed by atoms with Crippen LogP contribution in [-0.2, 0) is 33.7 Å². The molecule has 34 heavy (non-hydrogen) atoms. The maximum Gasteiger partial charge on any atom is 0.230 e. The highest BCUT2D eigenvalue weighted by Crippen LogP contribution is 2.51. The zero-order valence-corrected chi connectivity index (χ0v) is 20.2. The summed E-state index contributed by atoms with van der Waals surface area (Å²) in [6.45, 7) is 3.49. The van der Waals surface area contributed by atoms with Crippen molar-refractivity contribution in [1.82, 2.24) is 10.2 Å². The summed E-state index contributed by atoms with van der Waals surface area (Å²) in [6.07, 6.45) is 5.18. The van der Waals surface area contributed by atoms with Crippen LogP contribution in [0.15, 0.2) is 54.6 Å². The van der Waals surface area contributed by atoms with E-state index in [1.807, 2.05) is 47.4 Å². The second-order valence-corrected chi connectivity index (χ2v) is 9.63. The third kappa shape index (κ3) is 3.89. The number of likely N-dealkylation sites (tertiary alicyclic amines) is 1. The van der Waals surface area contributed by atoms with Gasteiger partial charge in [0.2, 0.25) is 11.8 Å². The molecule has 2 aromatic rings. The number of carbonyl (C=O) groups is 2. The van der Waals surface area contributed by atoms with Crippen LogP contribution in [0.4, 0.5) is 0 Å². The number of amides is 2. The second kappa shape index (κ2) is 9.08. The molecule has 0 saturated carbocycles. The number of halogens is 1. The van der Waals surface area contributed by atoms with Crippen molar-refractivity contribution < 1.29 is 19.1 Å². The number of aryl methyl sites for hydroxylation is 1. The first-order valence-electron chi connectivity index (χ1n) is 11.8. The SMILES string of the molecule is CCc1cc(CCN2CC34C=CC(O3)C(C(=O)NCc3ccccc3Cl)C4C2=O)ccc1OC. The predicted molar refractivity (Wildman–Crippen MR) is 130 cm³/mol. The van der Waals surface area contributed by atoms with Gasteiger partial charge in [-0.2, -0.15) is 0 Å². The molecule has 1 N–H and O–H groups in total. The Balaban J connectivity index is 1.27. The summed E-state index contributed by atoms with van der Waals surface area (Å²) >= 11 is 6.23. The molecule has 2 bridgehead atoms. The Kier molecular flexibility index (Phi) is 6.13. The number of nitrogens with one attached hydrogen (secondary N) is 1. The van der Waals surface area contributed by atoms with Crippen LogP contribution in [0.25, 0.3) is 0 Å². The average molecular weight is 481 g/mol. The van der Waals surface area contributed by atoms with Crippen LogP contribution in [0, 0.1) is 11.8 Å². The van der Waals surface area contributed by atoms with E-state index < -0.39 is 17.4 Å². The van der Waals surface area contributed by atoms with Gasteiger partial charge in [-0.15, -0.1) is 0 Å². The van der Waals surface area contributed by atoms with Gasteiger partial charge in [0.1, 0.15) is 11.4 Å². The molecule has 2 amide bonds. The van der Waals surface area contributed by atoms with Gasteiger partial charge in [0.25, 0.3) is 0 Å². The Hall–Kier alpha value is -2.83. The molecule has 6 nitrogen and oxygen atoms in total. The van der Waals surface area contributed by atoms with E-state index in [9.17, 15) is 9.59 Å². The highest BCUT2D eigenvalue weighted by molar-refractivity contribution is 6.31. The zero-order chi connectivity index (χ0) is 23.9. The van der Waals surface area contributed by atoms with Gasteiger partial charge in [-0.3, -0.25) is 9.59 Å². The van der Waals surface area contributed by atoms with Gasteiger partial charge in [0, 0.05) is 18.1 Å². The van der Waals surface area contributed by atoms with E-state index in [4.69, 9.17) is 21.1 Å². The standard InChI is InChI=1S/C27H29ClN2O4/c1-3-18-14-17(8-9-21(18)33-2)11-13-30-16-27-12-10-22(34-27)23(24(27)26(30)32)25(31)29-15-19-6-4-5-7-20(19)28/h4-10,12,14,22-24H,3,11,13,15-16H2,1-2H3,(H,29,31). The lowest BCUT2D eigenvalue weighted by atomic mass is 9.77. The van der Waals surface area contributed by atoms with Gasteiger partial charge in [-0.05, 0) is 41.7 Å². The van der Waals surface area contributed by atoms with Crippen LogP contribution >= 0.6 is 11.6 Å². The van der Waals surface area contributed by atoms with E-state index in [-0.39, 0.29) is 17.9 Å². The van der Waals surface area contributed by atoms with Crippen LogP contribution in [0.1, 0.15) is 23.6 Å². The van der Waals surface area contributed by atoms with Crippen LogP contribution in [0.3, 0.4) is 0 Å². The average Bonchev–Trinajstić information content (AvgIpc) is 3.49. The minimum Gasteiger partial charge on any atom is -0.496 e. The zero-order valence-electron chi connectivity index (χ0n) is 19.4. The van der Waals surface area contributed by atoms with E-state index in [1.165, 1.54) is 0 Å². The molecular weight excluding hydrogens is 452 g/mol. The maximum atomic E-state index is 13.5. The smallest absolute Gasteiger partial charge is 0.230 e. The number of ether oxygens (including phenoxy) is 2. The quantitative estimate of drug-likeness (QED) is 0.587. The summed E-state index contributed by atoms with van der Waals surface area (Å²) in [5.41, 5.74) is 2.46. The number of methoxy groups -OCH3 is 1. The Morgan fingerprint density at radius 2 is 2.09 bits per heavy atom. The highest BCUT2D eigenvalue weighted by Gasteiger charge is 2.66. The molecule has 0 aliphatic carbocycles.